The predicted molar refractivity (Wildman–Crippen MR) is 2.06 cm³/mol. The average molecular weight is 236 g/mol. The molecule has 0 aromatic heterocycles. The quantitative estimate of drug-likeness (QED) is 0.539. The molecule has 0 saturated carbocycles. The van der Waals surface area contributed by atoms with Gasteiger partial charge in [0.05, 0.1) is 0 Å². The van der Waals surface area contributed by atoms with E-state index in [1.807, 2.05) is 0 Å². The summed E-state index contributed by atoms with van der Waals surface area (Å²) in [5.41, 5.74) is 0. The van der Waals surface area contributed by atoms with Gasteiger partial charge in [-0.3, -0.25) is 0 Å². The third-order valence-electron chi connectivity index (χ3n) is 0. The Hall–Kier alpha value is 1.49. The molecule has 3 nitrogen and oxygen atoms in total. The topological polar surface area (TPSA) is 51.2 Å². The molecule has 0 N–H and O–H groups in total. The van der Waals surface area contributed by atoms with Gasteiger partial charge in [-0.15, -0.1) is 0 Å². The van der Waals surface area contributed by atoms with Gasteiger partial charge in [0.25, 0.3) is 0 Å². The van der Waals surface area contributed by atoms with Crippen molar-refractivity contribution in [3.8, 4) is 0 Å². The van der Waals surface area contributed by atoms with E-state index >= 15 is 0 Å². The van der Waals surface area contributed by atoms with Crippen LogP contribution in [0.4, 0.5) is 0 Å². The zero-order valence-corrected chi connectivity index (χ0v) is 6.93. The Morgan fingerprint density at radius 2 is 1.20 bits per heavy atom. The Balaban J connectivity index is 0. The van der Waals surface area contributed by atoms with Crippen LogP contribution in [0.1, 0.15) is 0 Å². The van der Waals surface area contributed by atoms with Gasteiger partial charge in [0, 0.05) is 0 Å². The normalized spacial score (nSPS) is 2.20. The van der Waals surface area contributed by atoms with Crippen LogP contribution in [0.25, 0.3) is 0 Å². The summed E-state index contributed by atoms with van der Waals surface area (Å²) < 4.78 is 25.4. The number of hydrogen-bond donors (Lipinski definition) is 0. The zero-order valence-electron chi connectivity index (χ0n) is 2.22. The summed E-state index contributed by atoms with van der Waals surface area (Å²) >= 11 is -1.94. The molecule has 0 saturated heterocycles. The van der Waals surface area contributed by atoms with E-state index in [4.69, 9.17) is 7.59 Å². The molecule has 0 aliphatic rings. The molecule has 5 heavy (non-hydrogen) atoms. The van der Waals surface area contributed by atoms with E-state index in [-0.39, 0.29) is 39.8 Å². The van der Waals surface area contributed by atoms with Gasteiger partial charge >= 0.3 is 66.5 Å². The number of rotatable bonds is 0. The minimum absolute atomic E-state index is 0.0556. The van der Waals surface area contributed by atoms with Gasteiger partial charge in [-0.25, -0.2) is 0 Å². The van der Waals surface area contributed by atoms with Crippen molar-refractivity contribution in [1.82, 2.24) is 0 Å². The van der Waals surface area contributed by atoms with Gasteiger partial charge in [0.2, 0.25) is 0 Å². The maximum atomic E-state index is 8.50. The van der Waals surface area contributed by atoms with Crippen molar-refractivity contribution in [1.29, 1.82) is 0 Å². The van der Waals surface area contributed by atoms with E-state index in [1.165, 1.54) is 0 Å². The Kier molecular flexibility index (Phi) is 34.6. The third-order valence-corrected chi connectivity index (χ3v) is 0. The standard InChI is InChI=1S/Ce.3O.Ti. The van der Waals surface area contributed by atoms with Crippen molar-refractivity contribution in [2.75, 3.05) is 0 Å². The molecule has 5 heteroatoms. The zero-order chi connectivity index (χ0) is 4.71. The van der Waals surface area contributed by atoms with Crippen LogP contribution in [0.5, 0.6) is 0 Å². The molecule has 0 unspecified atom stereocenters. The summed E-state index contributed by atoms with van der Waals surface area (Å²) in [6.45, 7) is 0. The average Bonchev–Trinajstić information content (AvgIpc) is 1.46. The molecule has 0 aromatic carbocycles. The molecule has 0 rings (SSSR count). The molecular weight excluding hydrogens is 236 g/mol. The van der Waals surface area contributed by atoms with E-state index in [0.717, 1.165) is 0 Å². The van der Waals surface area contributed by atoms with Crippen LogP contribution in [-0.2, 0) is 26.7 Å². The number of hydrogen-bond acceptors (Lipinski definition) is 3. The third kappa shape index (κ3) is 30.1. The Morgan fingerprint density at radius 1 is 1.20 bits per heavy atom. The van der Waals surface area contributed by atoms with E-state index < -0.39 is 19.1 Å². The Bertz CT molecular complexity index is 36.2. The molecule has 26 valence electrons. The molecule has 0 aliphatic carbocycles. The van der Waals surface area contributed by atoms with Crippen molar-refractivity contribution in [3.05, 3.63) is 0 Å². The second kappa shape index (κ2) is 17.8. The SMILES string of the molecule is [O]=[Ce].[O]=[Ti]=[O]. The molecular formula is CeO3Ti. The fraction of sp³-hybridized carbons (Fsp3) is 0. The van der Waals surface area contributed by atoms with Crippen molar-refractivity contribution >= 4 is 0 Å². The Morgan fingerprint density at radius 3 is 1.20 bits per heavy atom. The Labute approximate surface area is 65.3 Å². The summed E-state index contributed by atoms with van der Waals surface area (Å²) in [7, 11) is 0. The first-order valence-electron chi connectivity index (χ1n) is 0.612. The van der Waals surface area contributed by atoms with E-state index in [1.54, 1.807) is 0 Å². The van der Waals surface area contributed by atoms with E-state index in [9.17, 15) is 0 Å². The van der Waals surface area contributed by atoms with Crippen LogP contribution in [0.3, 0.4) is 0 Å². The fourth-order valence-electron chi connectivity index (χ4n) is 0. The van der Waals surface area contributed by atoms with E-state index in [2.05, 4.69) is 0 Å². The molecule has 0 aromatic rings. The summed E-state index contributed by atoms with van der Waals surface area (Å²) in [5, 5.41) is 0. The maximum absolute atomic E-state index is 8.50. The molecule has 0 fully saturated rings. The first-order chi connectivity index (χ1) is 2.41. The molecule has 0 heterocycles. The van der Waals surface area contributed by atoms with Crippen LogP contribution >= 0.6 is 0 Å². The first kappa shape index (κ1) is 9.70. The molecule has 0 aliphatic heterocycles. The van der Waals surface area contributed by atoms with Gasteiger partial charge in [-0.1, -0.05) is 0 Å². The summed E-state index contributed by atoms with van der Waals surface area (Å²) in [6.07, 6.45) is 0. The summed E-state index contributed by atoms with van der Waals surface area (Å²) in [4.78, 5) is 0. The van der Waals surface area contributed by atoms with Crippen LogP contribution in [0, 0.1) is 39.8 Å². The first-order valence-corrected chi connectivity index (χ1v) is 3.17. The molecule has 0 amide bonds. The van der Waals surface area contributed by atoms with Gasteiger partial charge in [-0.2, -0.15) is 0 Å². The van der Waals surface area contributed by atoms with Gasteiger partial charge in [0.1, 0.15) is 0 Å². The van der Waals surface area contributed by atoms with Gasteiger partial charge in [0.15, 0.2) is 0 Å². The summed E-state index contributed by atoms with van der Waals surface area (Å²) in [5.74, 6) is 0. The monoisotopic (exact) mass is 236 g/mol. The van der Waals surface area contributed by atoms with Crippen molar-refractivity contribution in [3.63, 3.8) is 0 Å². The molecule has 0 radical (unpaired) electrons. The van der Waals surface area contributed by atoms with E-state index in [0.29, 0.717) is 0 Å². The molecule has 0 spiro atoms. The fourth-order valence-corrected chi connectivity index (χ4v) is 0. The van der Waals surface area contributed by atoms with Crippen LogP contribution in [0.2, 0.25) is 0 Å². The minimum atomic E-state index is -2.00. The van der Waals surface area contributed by atoms with Gasteiger partial charge in [-0.05, 0) is 0 Å². The molecule has 0 atom stereocenters. The van der Waals surface area contributed by atoms with Crippen molar-refractivity contribution < 1.29 is 66.5 Å². The van der Waals surface area contributed by atoms with Crippen LogP contribution < -0.4 is 0 Å². The second-order valence-electron chi connectivity index (χ2n) is 0.0833. The second-order valence-corrected chi connectivity index (χ2v) is 0.344. The molecule has 0 bridgehead atoms. The van der Waals surface area contributed by atoms with Crippen molar-refractivity contribution in [2.24, 2.45) is 0 Å². The summed E-state index contributed by atoms with van der Waals surface area (Å²) in [6, 6.07) is 0. The van der Waals surface area contributed by atoms with Gasteiger partial charge < -0.3 is 0 Å². The van der Waals surface area contributed by atoms with Crippen LogP contribution in [0.15, 0.2) is 0 Å². The predicted octanol–water partition coefficient (Wildman–Crippen LogP) is -0.359. The van der Waals surface area contributed by atoms with Crippen molar-refractivity contribution in [2.45, 2.75) is 0 Å². The van der Waals surface area contributed by atoms with Crippen LogP contribution in [-0.4, -0.2) is 0 Å².